The molecule has 3 heteroatoms. The molecule has 0 radical (unpaired) electrons. The van der Waals surface area contributed by atoms with Crippen molar-refractivity contribution in [3.63, 3.8) is 0 Å². The summed E-state index contributed by atoms with van der Waals surface area (Å²) in [6.07, 6.45) is 10.4. The van der Waals surface area contributed by atoms with Crippen LogP contribution in [0.4, 0.5) is 0 Å². The minimum absolute atomic E-state index is 0.00720. The van der Waals surface area contributed by atoms with Gasteiger partial charge in [0.25, 0.3) is 5.56 Å². The third kappa shape index (κ3) is 3.35. The number of aryl methyl sites for hydroxylation is 1. The number of benzene rings is 1. The molecule has 0 amide bonds. The van der Waals surface area contributed by atoms with Crippen molar-refractivity contribution in [3.05, 3.63) is 46.4 Å². The molecule has 112 valence electrons. The molecule has 1 saturated carbocycles. The summed E-state index contributed by atoms with van der Waals surface area (Å²) in [5.41, 5.74) is 7.52. The van der Waals surface area contributed by atoms with Gasteiger partial charge in [0, 0.05) is 17.6 Å². The van der Waals surface area contributed by atoms with Crippen molar-refractivity contribution >= 4 is 10.8 Å². The van der Waals surface area contributed by atoms with Crippen LogP contribution in [0.25, 0.3) is 10.8 Å². The highest BCUT2D eigenvalue weighted by molar-refractivity contribution is 5.81. The molecule has 2 aromatic rings. The van der Waals surface area contributed by atoms with Crippen LogP contribution in [0.15, 0.2) is 35.3 Å². The van der Waals surface area contributed by atoms with Crippen LogP contribution in [-0.4, -0.2) is 11.0 Å². The molecule has 21 heavy (non-hydrogen) atoms. The van der Waals surface area contributed by atoms with Crippen LogP contribution in [0.5, 0.6) is 0 Å². The third-order valence-electron chi connectivity index (χ3n) is 4.85. The number of rotatable bonds is 4. The Morgan fingerprint density at radius 1 is 1.19 bits per heavy atom. The monoisotopic (exact) mass is 284 g/mol. The number of nitrogens with two attached hydrogens (primary N) is 1. The summed E-state index contributed by atoms with van der Waals surface area (Å²) < 4.78 is 0. The first kappa shape index (κ1) is 14.3. The van der Waals surface area contributed by atoms with Gasteiger partial charge in [-0.15, -0.1) is 0 Å². The maximum Gasteiger partial charge on any atom is 0.255 e. The molecular formula is C18H24N2O. The van der Waals surface area contributed by atoms with E-state index in [1.807, 2.05) is 12.1 Å². The first-order valence-corrected chi connectivity index (χ1v) is 8.10. The quantitative estimate of drug-likeness (QED) is 0.904. The van der Waals surface area contributed by atoms with E-state index in [9.17, 15) is 4.79 Å². The van der Waals surface area contributed by atoms with Crippen molar-refractivity contribution in [1.29, 1.82) is 0 Å². The Morgan fingerprint density at radius 2 is 2.05 bits per heavy atom. The van der Waals surface area contributed by atoms with Gasteiger partial charge in [-0.2, -0.15) is 0 Å². The van der Waals surface area contributed by atoms with Gasteiger partial charge in [0.2, 0.25) is 0 Å². The maximum atomic E-state index is 11.7. The van der Waals surface area contributed by atoms with Gasteiger partial charge >= 0.3 is 0 Å². The molecule has 1 fully saturated rings. The highest BCUT2D eigenvalue weighted by Crippen LogP contribution is 2.27. The summed E-state index contributed by atoms with van der Waals surface area (Å²) in [7, 11) is 0. The van der Waals surface area contributed by atoms with E-state index in [4.69, 9.17) is 5.73 Å². The third-order valence-corrected chi connectivity index (χ3v) is 4.85. The van der Waals surface area contributed by atoms with Gasteiger partial charge in [-0.3, -0.25) is 4.79 Å². The van der Waals surface area contributed by atoms with Crippen LogP contribution in [0.2, 0.25) is 0 Å². The molecule has 3 N–H and O–H groups in total. The van der Waals surface area contributed by atoms with E-state index < -0.39 is 0 Å². The van der Waals surface area contributed by atoms with Crippen LogP contribution in [-0.2, 0) is 6.42 Å². The average Bonchev–Trinajstić information content (AvgIpc) is 2.49. The maximum absolute atomic E-state index is 11.7. The molecule has 1 aromatic carbocycles. The van der Waals surface area contributed by atoms with Crippen molar-refractivity contribution < 1.29 is 0 Å². The minimum atomic E-state index is -0.00720. The van der Waals surface area contributed by atoms with Gasteiger partial charge in [0.05, 0.1) is 0 Å². The average molecular weight is 284 g/mol. The van der Waals surface area contributed by atoms with Crippen LogP contribution < -0.4 is 11.3 Å². The van der Waals surface area contributed by atoms with E-state index in [0.29, 0.717) is 12.0 Å². The lowest BCUT2D eigenvalue weighted by Crippen LogP contribution is -2.32. The Labute approximate surface area is 125 Å². The summed E-state index contributed by atoms with van der Waals surface area (Å²) >= 11 is 0. The number of H-pyrrole nitrogens is 1. The highest BCUT2D eigenvalue weighted by atomic mass is 16.1. The smallest absolute Gasteiger partial charge is 0.255 e. The largest absolute Gasteiger partial charge is 0.329 e. The number of pyridine rings is 1. The van der Waals surface area contributed by atoms with E-state index in [1.54, 1.807) is 6.20 Å². The van der Waals surface area contributed by atoms with Gasteiger partial charge in [-0.1, -0.05) is 25.0 Å². The molecule has 3 nitrogen and oxygen atoms in total. The Bertz CT molecular complexity index is 662. The predicted octanol–water partition coefficient (Wildman–Crippen LogP) is 3.37. The molecule has 1 heterocycles. The molecule has 1 aliphatic rings. The highest BCUT2D eigenvalue weighted by Gasteiger charge is 2.20. The fourth-order valence-electron chi connectivity index (χ4n) is 3.56. The van der Waals surface area contributed by atoms with Crippen molar-refractivity contribution in [2.24, 2.45) is 11.7 Å². The van der Waals surface area contributed by atoms with Gasteiger partial charge in [-0.05, 0) is 61.1 Å². The molecule has 1 aromatic heterocycles. The van der Waals surface area contributed by atoms with E-state index >= 15 is 0 Å². The molecule has 0 saturated heterocycles. The van der Waals surface area contributed by atoms with Crippen molar-refractivity contribution in [3.8, 4) is 0 Å². The SMILES string of the molecule is NC1CCCCC1CCCc1ccc2c(=O)[nH]ccc2c1. The first-order valence-electron chi connectivity index (χ1n) is 8.10. The van der Waals surface area contributed by atoms with Gasteiger partial charge < -0.3 is 10.7 Å². The Balaban J connectivity index is 1.61. The number of hydrogen-bond donors (Lipinski definition) is 2. The zero-order chi connectivity index (χ0) is 14.7. The van der Waals surface area contributed by atoms with E-state index in [0.717, 1.165) is 17.2 Å². The Morgan fingerprint density at radius 3 is 2.90 bits per heavy atom. The molecule has 2 atom stereocenters. The van der Waals surface area contributed by atoms with Gasteiger partial charge in [0.1, 0.15) is 0 Å². The normalized spacial score (nSPS) is 22.5. The lowest BCUT2D eigenvalue weighted by molar-refractivity contribution is 0.287. The van der Waals surface area contributed by atoms with Crippen molar-refractivity contribution in [2.75, 3.05) is 0 Å². The summed E-state index contributed by atoms with van der Waals surface area (Å²) in [6, 6.07) is 8.55. The summed E-state index contributed by atoms with van der Waals surface area (Å²) in [4.78, 5) is 14.4. The summed E-state index contributed by atoms with van der Waals surface area (Å²) in [6.45, 7) is 0. The fourth-order valence-corrected chi connectivity index (χ4v) is 3.56. The second kappa shape index (κ2) is 6.44. The first-order chi connectivity index (χ1) is 10.2. The Kier molecular flexibility index (Phi) is 4.39. The van der Waals surface area contributed by atoms with Gasteiger partial charge in [0.15, 0.2) is 0 Å². The Hall–Kier alpha value is -1.61. The molecule has 1 aliphatic carbocycles. The molecule has 2 unspecified atom stereocenters. The number of aromatic nitrogens is 1. The van der Waals surface area contributed by atoms with E-state index in [1.165, 1.54) is 44.1 Å². The zero-order valence-electron chi connectivity index (χ0n) is 12.5. The molecule has 3 rings (SSSR count). The van der Waals surface area contributed by atoms with Crippen LogP contribution >= 0.6 is 0 Å². The van der Waals surface area contributed by atoms with Crippen LogP contribution in [0, 0.1) is 5.92 Å². The van der Waals surface area contributed by atoms with Crippen LogP contribution in [0.1, 0.15) is 44.1 Å². The number of aromatic amines is 1. The molecule has 0 bridgehead atoms. The van der Waals surface area contributed by atoms with Gasteiger partial charge in [-0.25, -0.2) is 0 Å². The topological polar surface area (TPSA) is 58.9 Å². The van der Waals surface area contributed by atoms with E-state index in [-0.39, 0.29) is 5.56 Å². The second-order valence-corrected chi connectivity index (χ2v) is 6.33. The lowest BCUT2D eigenvalue weighted by Gasteiger charge is -2.28. The zero-order valence-corrected chi connectivity index (χ0v) is 12.5. The van der Waals surface area contributed by atoms with Crippen LogP contribution in [0.3, 0.4) is 0 Å². The fraction of sp³-hybridized carbons (Fsp3) is 0.500. The number of nitrogens with one attached hydrogen (secondary N) is 1. The number of fused-ring (bicyclic) bond motifs is 1. The molecular weight excluding hydrogens is 260 g/mol. The predicted molar refractivity (Wildman–Crippen MR) is 87.4 cm³/mol. The van der Waals surface area contributed by atoms with Crippen molar-refractivity contribution in [2.45, 2.75) is 51.0 Å². The second-order valence-electron chi connectivity index (χ2n) is 6.33. The van der Waals surface area contributed by atoms with Crippen molar-refractivity contribution in [1.82, 2.24) is 4.98 Å². The minimum Gasteiger partial charge on any atom is -0.329 e. The summed E-state index contributed by atoms with van der Waals surface area (Å²) in [5, 5.41) is 1.81. The molecule has 0 spiro atoms. The molecule has 0 aliphatic heterocycles. The lowest BCUT2D eigenvalue weighted by atomic mass is 9.82. The number of hydrogen-bond acceptors (Lipinski definition) is 2. The van der Waals surface area contributed by atoms with E-state index in [2.05, 4.69) is 17.1 Å². The standard InChI is InChI=1S/C18H24N2O/c19-17-7-2-1-5-14(17)6-3-4-13-8-9-16-15(12-13)10-11-20-18(16)21/h8-12,14,17H,1-7,19H2,(H,20,21). The summed E-state index contributed by atoms with van der Waals surface area (Å²) in [5.74, 6) is 0.710.